The predicted molar refractivity (Wildman–Crippen MR) is 76.1 cm³/mol. The van der Waals surface area contributed by atoms with Crippen LogP contribution in [0.4, 0.5) is 0 Å². The standard InChI is InChI=1S/C14H19ClN2O2/c1-3-8-16-14(19)10(2)17-13(18)9-11-4-6-12(15)7-5-11/h4-7,10H,3,8-9H2,1-2H3,(H,16,19)(H,17,18). The van der Waals surface area contributed by atoms with E-state index in [1.54, 1.807) is 31.2 Å². The van der Waals surface area contributed by atoms with Crippen molar-refractivity contribution in [1.82, 2.24) is 10.6 Å². The third-order valence-electron chi connectivity index (χ3n) is 2.60. The molecule has 1 unspecified atom stereocenters. The number of hydrogen-bond donors (Lipinski definition) is 2. The molecule has 0 bridgehead atoms. The Kier molecular flexibility index (Phi) is 6.36. The molecule has 0 aromatic heterocycles. The lowest BCUT2D eigenvalue weighted by atomic mass is 10.1. The molecule has 0 aliphatic carbocycles. The van der Waals surface area contributed by atoms with E-state index >= 15 is 0 Å². The van der Waals surface area contributed by atoms with Crippen LogP contribution in [0.25, 0.3) is 0 Å². The summed E-state index contributed by atoms with van der Waals surface area (Å²) in [7, 11) is 0. The van der Waals surface area contributed by atoms with Crippen LogP contribution in [0.2, 0.25) is 5.02 Å². The first kappa shape index (κ1) is 15.5. The van der Waals surface area contributed by atoms with Gasteiger partial charge in [0.2, 0.25) is 11.8 Å². The van der Waals surface area contributed by atoms with E-state index in [0.717, 1.165) is 12.0 Å². The number of benzene rings is 1. The van der Waals surface area contributed by atoms with Crippen molar-refractivity contribution in [3.63, 3.8) is 0 Å². The summed E-state index contributed by atoms with van der Waals surface area (Å²) < 4.78 is 0. The quantitative estimate of drug-likeness (QED) is 0.837. The number of nitrogens with one attached hydrogen (secondary N) is 2. The highest BCUT2D eigenvalue weighted by molar-refractivity contribution is 6.30. The number of carbonyl (C=O) groups is 2. The van der Waals surface area contributed by atoms with Gasteiger partial charge >= 0.3 is 0 Å². The van der Waals surface area contributed by atoms with Crippen LogP contribution in [-0.4, -0.2) is 24.4 Å². The van der Waals surface area contributed by atoms with Crippen LogP contribution in [0, 0.1) is 0 Å². The summed E-state index contributed by atoms with van der Waals surface area (Å²) in [6.07, 6.45) is 1.11. The first-order chi connectivity index (χ1) is 9.02. The van der Waals surface area contributed by atoms with Gasteiger partial charge in [-0.3, -0.25) is 9.59 Å². The maximum absolute atomic E-state index is 11.8. The van der Waals surface area contributed by atoms with Crippen LogP contribution in [0.15, 0.2) is 24.3 Å². The fourth-order valence-electron chi connectivity index (χ4n) is 1.55. The van der Waals surface area contributed by atoms with E-state index in [1.807, 2.05) is 6.92 Å². The summed E-state index contributed by atoms with van der Waals surface area (Å²) in [4.78, 5) is 23.4. The summed E-state index contributed by atoms with van der Waals surface area (Å²) >= 11 is 5.77. The van der Waals surface area contributed by atoms with Gasteiger partial charge in [-0.25, -0.2) is 0 Å². The number of hydrogen-bond acceptors (Lipinski definition) is 2. The van der Waals surface area contributed by atoms with Crippen LogP contribution in [0.5, 0.6) is 0 Å². The van der Waals surface area contributed by atoms with Gasteiger partial charge in [0, 0.05) is 11.6 Å². The molecular formula is C14H19ClN2O2. The largest absolute Gasteiger partial charge is 0.354 e. The smallest absolute Gasteiger partial charge is 0.242 e. The highest BCUT2D eigenvalue weighted by Gasteiger charge is 2.14. The lowest BCUT2D eigenvalue weighted by Crippen LogP contribution is -2.45. The zero-order valence-corrected chi connectivity index (χ0v) is 12.0. The Balaban J connectivity index is 2.42. The fourth-order valence-corrected chi connectivity index (χ4v) is 1.67. The minimum absolute atomic E-state index is 0.161. The molecular weight excluding hydrogens is 264 g/mol. The predicted octanol–water partition coefficient (Wildman–Crippen LogP) is 1.91. The molecule has 1 rings (SSSR count). The van der Waals surface area contributed by atoms with Gasteiger partial charge in [0.15, 0.2) is 0 Å². The van der Waals surface area contributed by atoms with Gasteiger partial charge in [-0.05, 0) is 31.0 Å². The second-order valence-electron chi connectivity index (χ2n) is 4.38. The van der Waals surface area contributed by atoms with E-state index in [9.17, 15) is 9.59 Å². The van der Waals surface area contributed by atoms with Crippen LogP contribution in [0.1, 0.15) is 25.8 Å². The summed E-state index contributed by atoms with van der Waals surface area (Å²) in [6.45, 7) is 4.27. The highest BCUT2D eigenvalue weighted by Crippen LogP contribution is 2.09. The minimum atomic E-state index is -0.522. The zero-order chi connectivity index (χ0) is 14.3. The van der Waals surface area contributed by atoms with E-state index < -0.39 is 6.04 Å². The van der Waals surface area contributed by atoms with Crippen molar-refractivity contribution in [2.45, 2.75) is 32.7 Å². The molecule has 4 nitrogen and oxygen atoms in total. The lowest BCUT2D eigenvalue weighted by molar-refractivity contribution is -0.128. The van der Waals surface area contributed by atoms with Gasteiger partial charge in [0.05, 0.1) is 6.42 Å². The number of amides is 2. The zero-order valence-electron chi connectivity index (χ0n) is 11.2. The van der Waals surface area contributed by atoms with E-state index in [0.29, 0.717) is 11.6 Å². The minimum Gasteiger partial charge on any atom is -0.354 e. The first-order valence-corrected chi connectivity index (χ1v) is 6.72. The van der Waals surface area contributed by atoms with Gasteiger partial charge in [-0.1, -0.05) is 30.7 Å². The van der Waals surface area contributed by atoms with Crippen LogP contribution < -0.4 is 10.6 Å². The molecule has 0 aliphatic heterocycles. The molecule has 1 aromatic rings. The van der Waals surface area contributed by atoms with E-state index in [-0.39, 0.29) is 18.2 Å². The molecule has 0 aliphatic rings. The Hall–Kier alpha value is -1.55. The Morgan fingerprint density at radius 2 is 1.89 bits per heavy atom. The summed E-state index contributed by atoms with van der Waals surface area (Å²) in [5.74, 6) is -0.340. The monoisotopic (exact) mass is 282 g/mol. The molecule has 2 N–H and O–H groups in total. The molecule has 0 fully saturated rings. The summed E-state index contributed by atoms with van der Waals surface area (Å²) in [5, 5.41) is 6.04. The highest BCUT2D eigenvalue weighted by atomic mass is 35.5. The first-order valence-electron chi connectivity index (χ1n) is 6.34. The molecule has 2 amide bonds. The van der Waals surface area contributed by atoms with Crippen molar-refractivity contribution in [2.24, 2.45) is 0 Å². The van der Waals surface area contributed by atoms with Crippen molar-refractivity contribution in [2.75, 3.05) is 6.54 Å². The van der Waals surface area contributed by atoms with Crippen molar-refractivity contribution in [3.8, 4) is 0 Å². The molecule has 104 valence electrons. The fraction of sp³-hybridized carbons (Fsp3) is 0.429. The van der Waals surface area contributed by atoms with Gasteiger partial charge in [-0.15, -0.1) is 0 Å². The molecule has 5 heteroatoms. The second-order valence-corrected chi connectivity index (χ2v) is 4.82. The maximum Gasteiger partial charge on any atom is 0.242 e. The molecule has 0 spiro atoms. The maximum atomic E-state index is 11.8. The van der Waals surface area contributed by atoms with Gasteiger partial charge in [-0.2, -0.15) is 0 Å². The van der Waals surface area contributed by atoms with Crippen LogP contribution in [-0.2, 0) is 16.0 Å². The number of carbonyl (C=O) groups excluding carboxylic acids is 2. The Morgan fingerprint density at radius 1 is 1.26 bits per heavy atom. The molecule has 19 heavy (non-hydrogen) atoms. The Labute approximate surface area is 118 Å². The molecule has 1 atom stereocenters. The SMILES string of the molecule is CCCNC(=O)C(C)NC(=O)Cc1ccc(Cl)cc1. The normalized spacial score (nSPS) is 11.7. The van der Waals surface area contributed by atoms with E-state index in [2.05, 4.69) is 10.6 Å². The summed E-state index contributed by atoms with van der Waals surface area (Å²) in [5.41, 5.74) is 0.864. The molecule has 0 radical (unpaired) electrons. The Bertz CT molecular complexity index is 432. The van der Waals surface area contributed by atoms with E-state index in [1.165, 1.54) is 0 Å². The molecule has 1 aromatic carbocycles. The topological polar surface area (TPSA) is 58.2 Å². The van der Waals surface area contributed by atoms with Gasteiger partial charge in [0.25, 0.3) is 0 Å². The third kappa shape index (κ3) is 5.75. The molecule has 0 saturated carbocycles. The van der Waals surface area contributed by atoms with Gasteiger partial charge < -0.3 is 10.6 Å². The van der Waals surface area contributed by atoms with Crippen molar-refractivity contribution in [1.29, 1.82) is 0 Å². The summed E-state index contributed by atoms with van der Waals surface area (Å²) in [6, 6.07) is 6.54. The van der Waals surface area contributed by atoms with Gasteiger partial charge in [0.1, 0.15) is 6.04 Å². The van der Waals surface area contributed by atoms with Crippen molar-refractivity contribution in [3.05, 3.63) is 34.9 Å². The van der Waals surface area contributed by atoms with Crippen LogP contribution in [0.3, 0.4) is 0 Å². The molecule has 0 heterocycles. The second kappa shape index (κ2) is 7.79. The van der Waals surface area contributed by atoms with E-state index in [4.69, 9.17) is 11.6 Å². The number of rotatable bonds is 6. The Morgan fingerprint density at radius 3 is 2.47 bits per heavy atom. The van der Waals surface area contributed by atoms with Crippen LogP contribution >= 0.6 is 11.6 Å². The average Bonchev–Trinajstić information content (AvgIpc) is 2.38. The van der Waals surface area contributed by atoms with Crippen molar-refractivity contribution >= 4 is 23.4 Å². The number of halogens is 1. The average molecular weight is 283 g/mol. The van der Waals surface area contributed by atoms with Crippen molar-refractivity contribution < 1.29 is 9.59 Å². The molecule has 0 saturated heterocycles. The lowest BCUT2D eigenvalue weighted by Gasteiger charge is -2.13. The third-order valence-corrected chi connectivity index (χ3v) is 2.85.